The van der Waals surface area contributed by atoms with Crippen molar-refractivity contribution in [1.29, 1.82) is 0 Å². The van der Waals surface area contributed by atoms with Gasteiger partial charge in [-0.2, -0.15) is 0 Å². The second-order valence-electron chi connectivity index (χ2n) is 5.40. The number of benzene rings is 1. The maximum absolute atomic E-state index is 12.8. The Morgan fingerprint density at radius 1 is 1.23 bits per heavy atom. The first-order valence-corrected chi connectivity index (χ1v) is 7.50. The molecule has 0 spiro atoms. The van der Waals surface area contributed by atoms with Gasteiger partial charge in [-0.15, -0.1) is 0 Å². The van der Waals surface area contributed by atoms with Crippen molar-refractivity contribution < 1.29 is 4.79 Å². The van der Waals surface area contributed by atoms with Gasteiger partial charge in [-0.25, -0.2) is 9.97 Å². The Labute approximate surface area is 131 Å². The molecule has 1 N–H and O–H groups in total. The number of aryl methyl sites for hydroxylation is 1. The van der Waals surface area contributed by atoms with E-state index in [1.807, 2.05) is 58.0 Å². The lowest BCUT2D eigenvalue weighted by molar-refractivity contribution is 0.0983. The largest absolute Gasteiger partial charge is 0.352 e. The van der Waals surface area contributed by atoms with Gasteiger partial charge < -0.3 is 10.2 Å². The lowest BCUT2D eigenvalue weighted by Crippen LogP contribution is -2.31. The third kappa shape index (κ3) is 3.81. The van der Waals surface area contributed by atoms with Crippen LogP contribution in [-0.2, 0) is 0 Å². The van der Waals surface area contributed by atoms with Crippen molar-refractivity contribution in [2.45, 2.75) is 33.7 Å². The molecule has 0 saturated carbocycles. The summed E-state index contributed by atoms with van der Waals surface area (Å²) in [7, 11) is 0. The van der Waals surface area contributed by atoms with E-state index in [1.165, 1.54) is 0 Å². The third-order valence-electron chi connectivity index (χ3n) is 3.12. The van der Waals surface area contributed by atoms with Crippen LogP contribution in [0.1, 0.15) is 37.0 Å². The maximum atomic E-state index is 12.8. The average Bonchev–Trinajstić information content (AvgIpc) is 2.47. The molecule has 0 radical (unpaired) electrons. The van der Waals surface area contributed by atoms with Crippen LogP contribution < -0.4 is 10.2 Å². The number of amides is 1. The smallest absolute Gasteiger partial charge is 0.277 e. The molecular weight excluding hydrogens is 276 g/mol. The monoisotopic (exact) mass is 298 g/mol. The molecule has 0 aliphatic carbocycles. The minimum atomic E-state index is -0.119. The molecule has 0 saturated heterocycles. The summed E-state index contributed by atoms with van der Waals surface area (Å²) in [6.45, 7) is 8.42. The first-order chi connectivity index (χ1) is 10.5. The van der Waals surface area contributed by atoms with E-state index in [1.54, 1.807) is 11.0 Å². The first kappa shape index (κ1) is 15.9. The number of nitrogens with zero attached hydrogens (tertiary/aromatic N) is 3. The highest BCUT2D eigenvalue weighted by atomic mass is 16.2. The van der Waals surface area contributed by atoms with Gasteiger partial charge in [0.2, 0.25) is 5.95 Å². The zero-order chi connectivity index (χ0) is 16.1. The number of rotatable bonds is 5. The van der Waals surface area contributed by atoms with Crippen molar-refractivity contribution in [3.63, 3.8) is 0 Å². The lowest BCUT2D eigenvalue weighted by Gasteiger charge is -2.21. The molecule has 22 heavy (non-hydrogen) atoms. The predicted molar refractivity (Wildman–Crippen MR) is 89.3 cm³/mol. The van der Waals surface area contributed by atoms with Gasteiger partial charge in [0, 0.05) is 24.0 Å². The molecule has 1 heterocycles. The third-order valence-corrected chi connectivity index (χ3v) is 3.12. The standard InChI is InChI=1S/C17H22N4O/c1-5-21(14-9-7-6-8-10-14)16(22)15-11-13(4)19-17(20-15)18-12(2)3/h6-12H,5H2,1-4H3,(H,18,19,20). The van der Waals surface area contributed by atoms with E-state index in [0.717, 1.165) is 11.4 Å². The van der Waals surface area contributed by atoms with Crippen LogP contribution >= 0.6 is 0 Å². The first-order valence-electron chi connectivity index (χ1n) is 7.50. The second-order valence-corrected chi connectivity index (χ2v) is 5.40. The van der Waals surface area contributed by atoms with Gasteiger partial charge in [0.25, 0.3) is 5.91 Å². The number of nitrogens with one attached hydrogen (secondary N) is 1. The highest BCUT2D eigenvalue weighted by molar-refractivity contribution is 6.04. The second kappa shape index (κ2) is 7.02. The molecule has 0 unspecified atom stereocenters. The Bertz CT molecular complexity index is 640. The maximum Gasteiger partial charge on any atom is 0.277 e. The molecule has 1 aromatic carbocycles. The fourth-order valence-corrected chi connectivity index (χ4v) is 2.19. The van der Waals surface area contributed by atoms with Crippen LogP contribution in [0.2, 0.25) is 0 Å². The van der Waals surface area contributed by atoms with Crippen molar-refractivity contribution in [3.8, 4) is 0 Å². The SMILES string of the molecule is CCN(C(=O)c1cc(C)nc(NC(C)C)n1)c1ccccc1. The van der Waals surface area contributed by atoms with E-state index in [-0.39, 0.29) is 11.9 Å². The predicted octanol–water partition coefficient (Wildman–Crippen LogP) is 3.27. The van der Waals surface area contributed by atoms with E-state index >= 15 is 0 Å². The molecule has 0 fully saturated rings. The van der Waals surface area contributed by atoms with Gasteiger partial charge in [-0.05, 0) is 45.9 Å². The summed E-state index contributed by atoms with van der Waals surface area (Å²) in [6, 6.07) is 11.5. The summed E-state index contributed by atoms with van der Waals surface area (Å²) in [5.41, 5.74) is 2.04. The molecule has 0 aliphatic rings. The van der Waals surface area contributed by atoms with Gasteiger partial charge in [0.1, 0.15) is 5.69 Å². The number of carbonyl (C=O) groups is 1. The highest BCUT2D eigenvalue weighted by Crippen LogP contribution is 2.17. The molecule has 2 aromatic rings. The van der Waals surface area contributed by atoms with Crippen molar-refractivity contribution in [1.82, 2.24) is 9.97 Å². The van der Waals surface area contributed by atoms with Crippen molar-refractivity contribution in [3.05, 3.63) is 47.8 Å². The molecule has 5 heteroatoms. The Morgan fingerprint density at radius 3 is 2.50 bits per heavy atom. The van der Waals surface area contributed by atoms with Crippen LogP contribution in [0.25, 0.3) is 0 Å². The molecule has 1 aromatic heterocycles. The minimum Gasteiger partial charge on any atom is -0.352 e. The Balaban J connectivity index is 2.33. The number of anilines is 2. The summed E-state index contributed by atoms with van der Waals surface area (Å²) >= 11 is 0. The van der Waals surface area contributed by atoms with Gasteiger partial charge in [-0.1, -0.05) is 18.2 Å². The van der Waals surface area contributed by atoms with Gasteiger partial charge in [0.05, 0.1) is 0 Å². The van der Waals surface area contributed by atoms with Crippen LogP contribution in [0.5, 0.6) is 0 Å². The zero-order valence-electron chi connectivity index (χ0n) is 13.5. The van der Waals surface area contributed by atoms with Gasteiger partial charge in [-0.3, -0.25) is 4.79 Å². The highest BCUT2D eigenvalue weighted by Gasteiger charge is 2.18. The summed E-state index contributed by atoms with van der Waals surface area (Å²) < 4.78 is 0. The number of hydrogen-bond acceptors (Lipinski definition) is 4. The summed E-state index contributed by atoms with van der Waals surface area (Å²) in [6.07, 6.45) is 0. The summed E-state index contributed by atoms with van der Waals surface area (Å²) in [4.78, 5) is 23.2. The zero-order valence-corrected chi connectivity index (χ0v) is 13.5. The van der Waals surface area contributed by atoms with Crippen molar-refractivity contribution >= 4 is 17.5 Å². The normalized spacial score (nSPS) is 10.6. The van der Waals surface area contributed by atoms with Crippen LogP contribution in [0, 0.1) is 6.92 Å². The lowest BCUT2D eigenvalue weighted by atomic mass is 10.2. The van der Waals surface area contributed by atoms with E-state index in [4.69, 9.17) is 0 Å². The molecule has 116 valence electrons. The fourth-order valence-electron chi connectivity index (χ4n) is 2.19. The Kier molecular flexibility index (Phi) is 5.09. The van der Waals surface area contributed by atoms with Gasteiger partial charge in [0.15, 0.2) is 0 Å². The topological polar surface area (TPSA) is 58.1 Å². The van der Waals surface area contributed by atoms with Gasteiger partial charge >= 0.3 is 0 Å². The van der Waals surface area contributed by atoms with E-state index in [2.05, 4.69) is 15.3 Å². The number of carbonyl (C=O) groups excluding carboxylic acids is 1. The number of aromatic nitrogens is 2. The van der Waals surface area contributed by atoms with E-state index in [0.29, 0.717) is 18.2 Å². The molecule has 2 rings (SSSR count). The summed E-state index contributed by atoms with van der Waals surface area (Å²) in [5, 5.41) is 3.14. The minimum absolute atomic E-state index is 0.119. The molecular formula is C17H22N4O. The van der Waals surface area contributed by atoms with E-state index < -0.39 is 0 Å². The Hall–Kier alpha value is -2.43. The van der Waals surface area contributed by atoms with Crippen LogP contribution in [0.15, 0.2) is 36.4 Å². The molecule has 0 aliphatic heterocycles. The number of hydrogen-bond donors (Lipinski definition) is 1. The average molecular weight is 298 g/mol. The molecule has 0 bridgehead atoms. The van der Waals surface area contributed by atoms with Crippen molar-refractivity contribution in [2.75, 3.05) is 16.8 Å². The quantitative estimate of drug-likeness (QED) is 0.920. The summed E-state index contributed by atoms with van der Waals surface area (Å²) in [5.74, 6) is 0.369. The fraction of sp³-hybridized carbons (Fsp3) is 0.353. The van der Waals surface area contributed by atoms with Crippen LogP contribution in [-0.4, -0.2) is 28.5 Å². The Morgan fingerprint density at radius 2 is 1.91 bits per heavy atom. The van der Waals surface area contributed by atoms with Crippen LogP contribution in [0.4, 0.5) is 11.6 Å². The van der Waals surface area contributed by atoms with Crippen molar-refractivity contribution in [2.24, 2.45) is 0 Å². The number of para-hydroxylation sites is 1. The molecule has 5 nitrogen and oxygen atoms in total. The molecule has 0 atom stereocenters. The van der Waals surface area contributed by atoms with E-state index in [9.17, 15) is 4.79 Å². The molecule has 1 amide bonds. The van der Waals surface area contributed by atoms with Crippen LogP contribution in [0.3, 0.4) is 0 Å².